The number of aryl methyl sites for hydroxylation is 1. The van der Waals surface area contributed by atoms with E-state index in [1.807, 2.05) is 0 Å². The average molecular weight is 309 g/mol. The van der Waals surface area contributed by atoms with Gasteiger partial charge in [-0.15, -0.1) is 12.4 Å². The first-order valence-corrected chi connectivity index (χ1v) is 7.59. The Hall–Kier alpha value is -0.630. The Bertz CT molecular complexity index is 529. The third-order valence-electron chi connectivity index (χ3n) is 3.62. The van der Waals surface area contributed by atoms with Gasteiger partial charge in [0.1, 0.15) is 4.90 Å². The van der Waals surface area contributed by atoms with Gasteiger partial charge in [0.25, 0.3) is 0 Å². The topological polar surface area (TPSA) is 81.2 Å². The molecule has 0 spiro atoms. The Morgan fingerprint density at radius 2 is 2.21 bits per heavy atom. The lowest BCUT2D eigenvalue weighted by Crippen LogP contribution is -2.42. The summed E-state index contributed by atoms with van der Waals surface area (Å²) in [6.45, 7) is 3.41. The largest absolute Gasteiger partial charge is 0.330 e. The van der Waals surface area contributed by atoms with E-state index in [0.717, 1.165) is 12.8 Å². The highest BCUT2D eigenvalue weighted by Gasteiger charge is 2.31. The highest BCUT2D eigenvalue weighted by atomic mass is 35.5. The Kier molecular flexibility index (Phi) is 5.37. The van der Waals surface area contributed by atoms with Crippen LogP contribution >= 0.6 is 12.4 Å². The summed E-state index contributed by atoms with van der Waals surface area (Å²) in [4.78, 5) is 0.308. The molecule has 2 rings (SSSR count). The van der Waals surface area contributed by atoms with Crippen molar-refractivity contribution in [1.29, 1.82) is 0 Å². The van der Waals surface area contributed by atoms with Crippen LogP contribution in [0.2, 0.25) is 0 Å². The smallest absolute Gasteiger partial charge is 0.246 e. The third kappa shape index (κ3) is 3.10. The van der Waals surface area contributed by atoms with Gasteiger partial charge in [-0.25, -0.2) is 8.42 Å². The van der Waals surface area contributed by atoms with E-state index in [4.69, 9.17) is 5.73 Å². The molecule has 1 saturated heterocycles. The maximum Gasteiger partial charge on any atom is 0.246 e. The summed E-state index contributed by atoms with van der Waals surface area (Å²) in [5.74, 6) is 0.269. The van der Waals surface area contributed by atoms with Crippen molar-refractivity contribution in [3.63, 3.8) is 0 Å². The molecule has 19 heavy (non-hydrogen) atoms. The highest BCUT2D eigenvalue weighted by molar-refractivity contribution is 7.89. The Morgan fingerprint density at radius 3 is 2.74 bits per heavy atom. The fraction of sp³-hybridized carbons (Fsp3) is 0.727. The van der Waals surface area contributed by atoms with E-state index < -0.39 is 10.0 Å². The number of nitrogens with two attached hydrogens (primary N) is 1. The van der Waals surface area contributed by atoms with E-state index in [1.54, 1.807) is 18.7 Å². The number of aromatic nitrogens is 2. The quantitative estimate of drug-likeness (QED) is 0.882. The summed E-state index contributed by atoms with van der Waals surface area (Å²) in [5, 5.41) is 4.00. The van der Waals surface area contributed by atoms with Crippen molar-refractivity contribution in [3.8, 4) is 0 Å². The van der Waals surface area contributed by atoms with Crippen LogP contribution in [0.15, 0.2) is 11.1 Å². The normalized spacial score (nSPS) is 21.1. The lowest BCUT2D eigenvalue weighted by Gasteiger charge is -2.31. The maximum atomic E-state index is 12.5. The second kappa shape index (κ2) is 6.21. The van der Waals surface area contributed by atoms with Gasteiger partial charge in [-0.3, -0.25) is 4.68 Å². The van der Waals surface area contributed by atoms with Crippen LogP contribution in [0.4, 0.5) is 0 Å². The van der Waals surface area contributed by atoms with Gasteiger partial charge in [0, 0.05) is 20.1 Å². The molecule has 1 fully saturated rings. The van der Waals surface area contributed by atoms with E-state index in [1.165, 1.54) is 10.5 Å². The van der Waals surface area contributed by atoms with Crippen LogP contribution in [0.1, 0.15) is 18.5 Å². The van der Waals surface area contributed by atoms with Crippen molar-refractivity contribution in [2.45, 2.75) is 24.7 Å². The number of hydrogen-bond donors (Lipinski definition) is 1. The van der Waals surface area contributed by atoms with Crippen molar-refractivity contribution in [1.82, 2.24) is 14.1 Å². The summed E-state index contributed by atoms with van der Waals surface area (Å²) < 4.78 is 28.1. The molecule has 1 aromatic rings. The van der Waals surface area contributed by atoms with Crippen molar-refractivity contribution in [3.05, 3.63) is 11.9 Å². The number of hydrogen-bond acceptors (Lipinski definition) is 4. The molecule has 1 aliphatic rings. The molecule has 0 aliphatic carbocycles. The first-order chi connectivity index (χ1) is 8.46. The van der Waals surface area contributed by atoms with Gasteiger partial charge in [-0.1, -0.05) is 0 Å². The number of piperidine rings is 1. The molecule has 8 heteroatoms. The Morgan fingerprint density at radius 1 is 1.53 bits per heavy atom. The van der Waals surface area contributed by atoms with Gasteiger partial charge in [0.2, 0.25) is 10.0 Å². The summed E-state index contributed by atoms with van der Waals surface area (Å²) >= 11 is 0. The predicted octanol–water partition coefficient (Wildman–Crippen LogP) is 0.510. The summed E-state index contributed by atoms with van der Waals surface area (Å²) in [6, 6.07) is 0. The lowest BCUT2D eigenvalue weighted by molar-refractivity contribution is 0.271. The molecule has 0 bridgehead atoms. The van der Waals surface area contributed by atoms with E-state index in [9.17, 15) is 8.42 Å². The molecule has 0 saturated carbocycles. The molecule has 110 valence electrons. The zero-order valence-corrected chi connectivity index (χ0v) is 12.9. The van der Waals surface area contributed by atoms with Crippen LogP contribution in [0.5, 0.6) is 0 Å². The minimum Gasteiger partial charge on any atom is -0.330 e. The average Bonchev–Trinajstić information content (AvgIpc) is 2.70. The first kappa shape index (κ1) is 16.4. The van der Waals surface area contributed by atoms with Gasteiger partial charge < -0.3 is 5.73 Å². The van der Waals surface area contributed by atoms with E-state index >= 15 is 0 Å². The van der Waals surface area contributed by atoms with Crippen molar-refractivity contribution >= 4 is 22.4 Å². The minimum atomic E-state index is -3.42. The zero-order chi connectivity index (χ0) is 13.3. The number of halogens is 1. The zero-order valence-electron chi connectivity index (χ0n) is 11.2. The first-order valence-electron chi connectivity index (χ1n) is 6.15. The maximum absolute atomic E-state index is 12.5. The van der Waals surface area contributed by atoms with Gasteiger partial charge in [-0.05, 0) is 32.2 Å². The second-order valence-electron chi connectivity index (χ2n) is 4.82. The fourth-order valence-electron chi connectivity index (χ4n) is 2.31. The van der Waals surface area contributed by atoms with Crippen LogP contribution in [-0.4, -0.2) is 42.1 Å². The van der Waals surface area contributed by atoms with Crippen LogP contribution < -0.4 is 5.73 Å². The molecule has 0 amide bonds. The Balaban J connectivity index is 0.00000180. The van der Waals surface area contributed by atoms with Crippen LogP contribution in [0.25, 0.3) is 0 Å². The predicted molar refractivity (Wildman–Crippen MR) is 75.7 cm³/mol. The summed E-state index contributed by atoms with van der Waals surface area (Å²) in [7, 11) is -1.68. The van der Waals surface area contributed by atoms with Crippen LogP contribution in [0.3, 0.4) is 0 Å². The van der Waals surface area contributed by atoms with Gasteiger partial charge in [0.15, 0.2) is 0 Å². The summed E-state index contributed by atoms with van der Waals surface area (Å²) in [6.07, 6.45) is 3.31. The van der Waals surface area contributed by atoms with E-state index in [0.29, 0.717) is 30.2 Å². The fourth-order valence-corrected chi connectivity index (χ4v) is 4.05. The van der Waals surface area contributed by atoms with Gasteiger partial charge >= 0.3 is 0 Å². The molecule has 1 aromatic heterocycles. The van der Waals surface area contributed by atoms with Crippen LogP contribution in [0, 0.1) is 12.8 Å². The molecule has 1 atom stereocenters. The summed E-state index contributed by atoms with van der Waals surface area (Å²) in [5.41, 5.74) is 6.31. The van der Waals surface area contributed by atoms with Crippen molar-refractivity contribution in [2.24, 2.45) is 18.7 Å². The standard InChI is InChI=1S/C11H20N4O2S.ClH/c1-9-11(7-13-14(9)2)18(16,17)15-5-3-4-10(6-12)8-15;/h7,10H,3-6,8,12H2,1-2H3;1H. The van der Waals surface area contributed by atoms with E-state index in [2.05, 4.69) is 5.10 Å². The molecule has 1 unspecified atom stereocenters. The molecule has 1 aliphatic heterocycles. The Labute approximate surface area is 120 Å². The van der Waals surface area contributed by atoms with Gasteiger partial charge in [-0.2, -0.15) is 9.40 Å². The van der Waals surface area contributed by atoms with Gasteiger partial charge in [0.05, 0.1) is 11.9 Å². The molecular weight excluding hydrogens is 288 g/mol. The lowest BCUT2D eigenvalue weighted by atomic mass is 10.0. The number of nitrogens with zero attached hydrogens (tertiary/aromatic N) is 3. The second-order valence-corrected chi connectivity index (χ2v) is 6.73. The number of sulfonamides is 1. The van der Waals surface area contributed by atoms with Crippen molar-refractivity contribution < 1.29 is 8.42 Å². The SMILES string of the molecule is Cc1c(S(=O)(=O)N2CCCC(CN)C2)cnn1C.Cl. The highest BCUT2D eigenvalue weighted by Crippen LogP contribution is 2.24. The monoisotopic (exact) mass is 308 g/mol. The molecule has 0 radical (unpaired) electrons. The third-order valence-corrected chi connectivity index (χ3v) is 5.59. The molecular formula is C11H21ClN4O2S. The molecule has 2 heterocycles. The number of rotatable bonds is 3. The molecule has 0 aromatic carbocycles. The van der Waals surface area contributed by atoms with Crippen molar-refractivity contribution in [2.75, 3.05) is 19.6 Å². The van der Waals surface area contributed by atoms with E-state index in [-0.39, 0.29) is 18.3 Å². The minimum absolute atomic E-state index is 0. The van der Waals surface area contributed by atoms with Crippen LogP contribution in [-0.2, 0) is 17.1 Å². The molecule has 2 N–H and O–H groups in total. The molecule has 6 nitrogen and oxygen atoms in total.